The van der Waals surface area contributed by atoms with Crippen LogP contribution in [-0.4, -0.2) is 45.9 Å². The Morgan fingerprint density at radius 1 is 0.667 bits per heavy atom. The van der Waals surface area contributed by atoms with Gasteiger partial charge in [-0.25, -0.2) is 0 Å². The highest BCUT2D eigenvalue weighted by atomic mass is 16.7. The Balaban J connectivity index is 1.81. The van der Waals surface area contributed by atoms with E-state index in [9.17, 15) is 0 Å². The quantitative estimate of drug-likeness (QED) is 0.315. The number of hydrogen-bond donors (Lipinski definition) is 2. The van der Waals surface area contributed by atoms with Gasteiger partial charge in [-0.15, -0.1) is 0 Å². The van der Waals surface area contributed by atoms with Gasteiger partial charge in [-0.3, -0.25) is 0 Å². The number of nitrogens with two attached hydrogens (primary N) is 2. The molecular weight excluding hydrogens is 348 g/mol. The van der Waals surface area contributed by atoms with Crippen LogP contribution in [0.25, 0.3) is 0 Å². The topological polar surface area (TPSA) is 98.2 Å². The van der Waals surface area contributed by atoms with Crippen LogP contribution < -0.4 is 20.9 Å². The highest BCUT2D eigenvalue weighted by Crippen LogP contribution is 2.19. The molecule has 7 heteroatoms. The van der Waals surface area contributed by atoms with Gasteiger partial charge < -0.3 is 35.2 Å². The molecule has 0 spiro atoms. The van der Waals surface area contributed by atoms with Gasteiger partial charge in [0, 0.05) is 18.0 Å². The van der Waals surface area contributed by atoms with E-state index in [2.05, 4.69) is 0 Å². The number of nitrogen functional groups attached to an aromatic ring is 2. The Morgan fingerprint density at radius 3 is 1.59 bits per heavy atom. The Labute approximate surface area is 160 Å². The van der Waals surface area contributed by atoms with E-state index in [0.717, 1.165) is 0 Å². The maximum Gasteiger partial charge on any atom is 0.264 e. The van der Waals surface area contributed by atoms with Gasteiger partial charge in [-0.1, -0.05) is 0 Å². The molecule has 0 saturated carbocycles. The van der Waals surface area contributed by atoms with Crippen LogP contribution in [0.4, 0.5) is 11.4 Å². The minimum Gasteiger partial charge on any atom is -0.452 e. The monoisotopic (exact) mass is 376 g/mol. The van der Waals surface area contributed by atoms with E-state index < -0.39 is 6.29 Å². The first-order valence-electron chi connectivity index (χ1n) is 8.95. The van der Waals surface area contributed by atoms with E-state index in [-0.39, 0.29) is 6.61 Å². The zero-order valence-electron chi connectivity index (χ0n) is 15.6. The van der Waals surface area contributed by atoms with Crippen molar-refractivity contribution in [1.82, 2.24) is 0 Å². The van der Waals surface area contributed by atoms with Crippen molar-refractivity contribution in [3.63, 3.8) is 0 Å². The van der Waals surface area contributed by atoms with Crippen LogP contribution in [0.15, 0.2) is 48.5 Å². The molecule has 0 unspecified atom stereocenters. The first-order chi connectivity index (χ1) is 13.2. The van der Waals surface area contributed by atoms with E-state index in [1.165, 1.54) is 0 Å². The molecule has 0 fully saturated rings. The summed E-state index contributed by atoms with van der Waals surface area (Å²) < 4.78 is 28.0. The first-order valence-corrected chi connectivity index (χ1v) is 8.95. The molecule has 7 nitrogen and oxygen atoms in total. The SMILES string of the molecule is CCOCCOCCOCC(Oc1ccc(N)cc1)Oc1ccc(N)cc1. The Kier molecular flexibility index (Phi) is 9.26. The predicted molar refractivity (Wildman–Crippen MR) is 105 cm³/mol. The number of hydrogen-bond acceptors (Lipinski definition) is 7. The van der Waals surface area contributed by atoms with Gasteiger partial charge in [0.2, 0.25) is 0 Å². The number of ether oxygens (including phenoxy) is 5. The summed E-state index contributed by atoms with van der Waals surface area (Å²) in [6, 6.07) is 14.2. The number of rotatable bonds is 13. The molecule has 0 aliphatic carbocycles. The molecule has 0 aromatic heterocycles. The molecule has 0 aliphatic heterocycles. The van der Waals surface area contributed by atoms with Crippen LogP contribution in [0.5, 0.6) is 11.5 Å². The van der Waals surface area contributed by atoms with Crippen LogP contribution in [0.2, 0.25) is 0 Å². The summed E-state index contributed by atoms with van der Waals surface area (Å²) in [5.74, 6) is 1.28. The van der Waals surface area contributed by atoms with Gasteiger partial charge in [-0.05, 0) is 55.5 Å². The average molecular weight is 376 g/mol. The van der Waals surface area contributed by atoms with Gasteiger partial charge in [0.1, 0.15) is 18.1 Å². The smallest absolute Gasteiger partial charge is 0.264 e. The fraction of sp³-hybridized carbons (Fsp3) is 0.400. The minimum atomic E-state index is -0.624. The molecule has 0 amide bonds. The van der Waals surface area contributed by atoms with E-state index in [4.69, 9.17) is 35.2 Å². The predicted octanol–water partition coefficient (Wildman–Crippen LogP) is 2.70. The fourth-order valence-electron chi connectivity index (χ4n) is 2.15. The molecule has 0 bridgehead atoms. The maximum atomic E-state index is 5.87. The number of benzene rings is 2. The fourth-order valence-corrected chi connectivity index (χ4v) is 2.15. The molecule has 2 rings (SSSR count). The van der Waals surface area contributed by atoms with Gasteiger partial charge in [0.15, 0.2) is 0 Å². The number of anilines is 2. The van der Waals surface area contributed by atoms with Gasteiger partial charge in [0.05, 0.1) is 26.4 Å². The van der Waals surface area contributed by atoms with Gasteiger partial charge in [-0.2, -0.15) is 0 Å². The summed E-state index contributed by atoms with van der Waals surface area (Å²) >= 11 is 0. The standard InChI is InChI=1S/C20H28N2O5/c1-2-23-11-12-24-13-14-25-15-20(26-18-7-3-16(21)4-8-18)27-19-9-5-17(22)6-10-19/h3-10,20H,2,11-15,21-22H2,1H3. The molecule has 0 heterocycles. The lowest BCUT2D eigenvalue weighted by molar-refractivity contribution is -0.0707. The highest BCUT2D eigenvalue weighted by molar-refractivity contribution is 5.42. The van der Waals surface area contributed by atoms with Crippen molar-refractivity contribution in [3.05, 3.63) is 48.5 Å². The van der Waals surface area contributed by atoms with Crippen LogP contribution in [0.3, 0.4) is 0 Å². The van der Waals surface area contributed by atoms with Gasteiger partial charge >= 0.3 is 0 Å². The Bertz CT molecular complexity index is 586. The van der Waals surface area contributed by atoms with Crippen LogP contribution >= 0.6 is 0 Å². The van der Waals surface area contributed by atoms with Crippen LogP contribution in [0.1, 0.15) is 6.92 Å². The third-order valence-corrected chi connectivity index (χ3v) is 3.50. The van der Waals surface area contributed by atoms with Crippen molar-refractivity contribution >= 4 is 11.4 Å². The maximum absolute atomic E-state index is 5.87. The summed E-state index contributed by atoms with van der Waals surface area (Å²) in [7, 11) is 0. The summed E-state index contributed by atoms with van der Waals surface area (Å²) in [5.41, 5.74) is 12.7. The van der Waals surface area contributed by atoms with Crippen molar-refractivity contribution in [2.45, 2.75) is 13.2 Å². The summed E-state index contributed by atoms with van der Waals surface area (Å²) in [6.07, 6.45) is -0.624. The second-order valence-corrected chi connectivity index (χ2v) is 5.69. The molecule has 0 radical (unpaired) electrons. The van der Waals surface area contributed by atoms with Crippen molar-refractivity contribution in [3.8, 4) is 11.5 Å². The van der Waals surface area contributed by atoms with Crippen molar-refractivity contribution < 1.29 is 23.7 Å². The van der Waals surface area contributed by atoms with E-state index >= 15 is 0 Å². The molecule has 0 atom stereocenters. The molecule has 27 heavy (non-hydrogen) atoms. The molecule has 0 aliphatic rings. The summed E-state index contributed by atoms with van der Waals surface area (Å²) in [5, 5.41) is 0. The molecule has 2 aromatic carbocycles. The van der Waals surface area contributed by atoms with E-state index in [1.807, 2.05) is 6.92 Å². The van der Waals surface area contributed by atoms with Crippen LogP contribution in [0, 0.1) is 0 Å². The highest BCUT2D eigenvalue weighted by Gasteiger charge is 2.13. The second-order valence-electron chi connectivity index (χ2n) is 5.69. The molecule has 4 N–H and O–H groups in total. The normalized spacial score (nSPS) is 10.9. The van der Waals surface area contributed by atoms with Crippen molar-refractivity contribution in [2.24, 2.45) is 0 Å². The van der Waals surface area contributed by atoms with Crippen molar-refractivity contribution in [2.75, 3.05) is 51.1 Å². The zero-order chi connectivity index (χ0) is 19.3. The first kappa shape index (κ1) is 20.8. The molecular formula is C20H28N2O5. The lowest BCUT2D eigenvalue weighted by Gasteiger charge is -2.21. The third-order valence-electron chi connectivity index (χ3n) is 3.50. The van der Waals surface area contributed by atoms with E-state index in [1.54, 1.807) is 48.5 Å². The van der Waals surface area contributed by atoms with Crippen molar-refractivity contribution in [1.29, 1.82) is 0 Å². The largest absolute Gasteiger partial charge is 0.452 e. The lowest BCUT2D eigenvalue weighted by atomic mass is 10.3. The Morgan fingerprint density at radius 2 is 1.11 bits per heavy atom. The average Bonchev–Trinajstić information content (AvgIpc) is 2.67. The zero-order valence-corrected chi connectivity index (χ0v) is 15.6. The minimum absolute atomic E-state index is 0.240. The molecule has 2 aromatic rings. The Hall–Kier alpha value is -2.48. The molecule has 148 valence electrons. The second kappa shape index (κ2) is 12.0. The summed E-state index contributed by atoms with van der Waals surface area (Å²) in [4.78, 5) is 0. The van der Waals surface area contributed by atoms with Crippen LogP contribution in [-0.2, 0) is 14.2 Å². The van der Waals surface area contributed by atoms with Gasteiger partial charge in [0.25, 0.3) is 6.29 Å². The third kappa shape index (κ3) is 8.63. The molecule has 0 saturated heterocycles. The summed E-state index contributed by atoms with van der Waals surface area (Å²) in [6.45, 7) is 4.91. The lowest BCUT2D eigenvalue weighted by Crippen LogP contribution is -2.30. The van der Waals surface area contributed by atoms with E-state index in [0.29, 0.717) is 55.9 Å².